The fourth-order valence-electron chi connectivity index (χ4n) is 3.22. The minimum absolute atomic E-state index is 0.0970. The number of aryl methyl sites for hydroxylation is 2. The molecule has 6 nitrogen and oxygen atoms in total. The van der Waals surface area contributed by atoms with Crippen molar-refractivity contribution < 1.29 is 9.21 Å². The number of rotatable bonds is 4. The van der Waals surface area contributed by atoms with Crippen molar-refractivity contribution in [3.63, 3.8) is 0 Å². The van der Waals surface area contributed by atoms with Crippen LogP contribution in [0, 0.1) is 19.8 Å². The summed E-state index contributed by atoms with van der Waals surface area (Å²) in [4.78, 5) is 23.3. The predicted octanol–water partition coefficient (Wildman–Crippen LogP) is 2.97. The number of amides is 1. The molecule has 130 valence electrons. The summed E-state index contributed by atoms with van der Waals surface area (Å²) in [6.45, 7) is 9.78. The van der Waals surface area contributed by atoms with Crippen LogP contribution in [-0.2, 0) is 4.79 Å². The molecular formula is C18H26N4O2. The molecule has 1 saturated heterocycles. The number of aromatic nitrogens is 2. The number of piperidine rings is 1. The van der Waals surface area contributed by atoms with Crippen LogP contribution < -0.4 is 10.2 Å². The summed E-state index contributed by atoms with van der Waals surface area (Å²) < 4.78 is 5.70. The first-order valence-corrected chi connectivity index (χ1v) is 8.77. The molecule has 6 heteroatoms. The summed E-state index contributed by atoms with van der Waals surface area (Å²) in [7, 11) is 0. The SMILES string of the molecule is CCC(C)NC(=O)C1CCN(c2ncnc3oc(C)c(C)c23)CC1. The van der Waals surface area contributed by atoms with E-state index in [2.05, 4.69) is 34.0 Å². The molecule has 0 saturated carbocycles. The molecule has 0 aliphatic carbocycles. The van der Waals surface area contributed by atoms with Gasteiger partial charge in [-0.1, -0.05) is 6.92 Å². The molecule has 1 aliphatic rings. The fraction of sp³-hybridized carbons (Fsp3) is 0.611. The van der Waals surface area contributed by atoms with E-state index in [0.717, 1.165) is 54.9 Å². The van der Waals surface area contributed by atoms with Crippen molar-refractivity contribution in [2.45, 2.75) is 53.0 Å². The largest absolute Gasteiger partial charge is 0.443 e. The molecule has 3 rings (SSSR count). The van der Waals surface area contributed by atoms with E-state index in [4.69, 9.17) is 4.42 Å². The van der Waals surface area contributed by atoms with E-state index in [-0.39, 0.29) is 17.9 Å². The van der Waals surface area contributed by atoms with Crippen LogP contribution in [0.4, 0.5) is 5.82 Å². The molecule has 1 aliphatic heterocycles. The number of carbonyl (C=O) groups is 1. The van der Waals surface area contributed by atoms with Gasteiger partial charge in [-0.25, -0.2) is 9.97 Å². The Hall–Kier alpha value is -2.11. The second kappa shape index (κ2) is 6.79. The molecule has 1 fully saturated rings. The van der Waals surface area contributed by atoms with Gasteiger partial charge in [0.1, 0.15) is 17.9 Å². The molecule has 1 atom stereocenters. The number of nitrogens with zero attached hydrogens (tertiary/aromatic N) is 3. The number of nitrogens with one attached hydrogen (secondary N) is 1. The van der Waals surface area contributed by atoms with Crippen molar-refractivity contribution in [3.8, 4) is 0 Å². The number of furan rings is 1. The Labute approximate surface area is 142 Å². The van der Waals surface area contributed by atoms with Crippen LogP contribution in [0.15, 0.2) is 10.7 Å². The summed E-state index contributed by atoms with van der Waals surface area (Å²) in [5, 5.41) is 4.10. The standard InChI is InChI=1S/C18H26N4O2/c1-5-11(2)21-17(23)14-6-8-22(9-7-14)16-15-12(3)13(4)24-18(15)20-10-19-16/h10-11,14H,5-9H2,1-4H3,(H,21,23). The predicted molar refractivity (Wildman–Crippen MR) is 94.1 cm³/mol. The Morgan fingerprint density at radius 3 is 2.75 bits per heavy atom. The monoisotopic (exact) mass is 330 g/mol. The van der Waals surface area contributed by atoms with E-state index in [1.807, 2.05) is 13.8 Å². The lowest BCUT2D eigenvalue weighted by Gasteiger charge is -2.32. The molecule has 1 unspecified atom stereocenters. The van der Waals surface area contributed by atoms with Gasteiger partial charge in [-0.05, 0) is 40.0 Å². The molecule has 0 bridgehead atoms. The van der Waals surface area contributed by atoms with Crippen LogP contribution >= 0.6 is 0 Å². The zero-order valence-electron chi connectivity index (χ0n) is 14.9. The third-order valence-electron chi connectivity index (χ3n) is 5.11. The van der Waals surface area contributed by atoms with Crippen LogP contribution in [0.2, 0.25) is 0 Å². The van der Waals surface area contributed by atoms with Crippen molar-refractivity contribution in [2.24, 2.45) is 5.92 Å². The van der Waals surface area contributed by atoms with Gasteiger partial charge in [-0.2, -0.15) is 0 Å². The number of anilines is 1. The lowest BCUT2D eigenvalue weighted by molar-refractivity contribution is -0.126. The molecule has 0 spiro atoms. The molecule has 0 aromatic carbocycles. The maximum absolute atomic E-state index is 12.3. The Kier molecular flexibility index (Phi) is 4.73. The van der Waals surface area contributed by atoms with Gasteiger partial charge >= 0.3 is 0 Å². The van der Waals surface area contributed by atoms with E-state index in [1.54, 1.807) is 6.33 Å². The lowest BCUT2D eigenvalue weighted by Crippen LogP contribution is -2.43. The lowest BCUT2D eigenvalue weighted by atomic mass is 9.95. The normalized spacial score (nSPS) is 17.2. The van der Waals surface area contributed by atoms with Gasteiger partial charge in [0, 0.05) is 30.6 Å². The van der Waals surface area contributed by atoms with Crippen LogP contribution in [-0.4, -0.2) is 35.0 Å². The van der Waals surface area contributed by atoms with Gasteiger partial charge in [-0.3, -0.25) is 4.79 Å². The average Bonchev–Trinajstić information content (AvgIpc) is 2.89. The molecule has 0 radical (unpaired) electrons. The summed E-state index contributed by atoms with van der Waals surface area (Å²) in [5.41, 5.74) is 1.74. The third-order valence-corrected chi connectivity index (χ3v) is 5.11. The second-order valence-corrected chi connectivity index (χ2v) is 6.74. The summed E-state index contributed by atoms with van der Waals surface area (Å²) in [6, 6.07) is 0.244. The van der Waals surface area contributed by atoms with Crippen molar-refractivity contribution in [2.75, 3.05) is 18.0 Å². The van der Waals surface area contributed by atoms with Gasteiger partial charge < -0.3 is 14.6 Å². The van der Waals surface area contributed by atoms with Crippen LogP contribution in [0.3, 0.4) is 0 Å². The molecule has 2 aromatic heterocycles. The Balaban J connectivity index is 1.72. The molecule has 24 heavy (non-hydrogen) atoms. The molecule has 1 amide bonds. The van der Waals surface area contributed by atoms with Crippen molar-refractivity contribution in [1.29, 1.82) is 0 Å². The first-order valence-electron chi connectivity index (χ1n) is 8.77. The minimum Gasteiger partial charge on any atom is -0.443 e. The average molecular weight is 330 g/mol. The highest BCUT2D eigenvalue weighted by Gasteiger charge is 2.28. The van der Waals surface area contributed by atoms with E-state index in [9.17, 15) is 4.79 Å². The zero-order chi connectivity index (χ0) is 17.3. The number of carbonyl (C=O) groups excluding carboxylic acids is 1. The number of hydrogen-bond donors (Lipinski definition) is 1. The van der Waals surface area contributed by atoms with E-state index in [0.29, 0.717) is 5.71 Å². The van der Waals surface area contributed by atoms with Crippen molar-refractivity contribution in [1.82, 2.24) is 15.3 Å². The summed E-state index contributed by atoms with van der Waals surface area (Å²) >= 11 is 0. The first-order chi connectivity index (χ1) is 11.5. The highest BCUT2D eigenvalue weighted by Crippen LogP contribution is 2.32. The minimum atomic E-state index is 0.0970. The van der Waals surface area contributed by atoms with Crippen LogP contribution in [0.25, 0.3) is 11.1 Å². The third kappa shape index (κ3) is 3.09. The summed E-state index contributed by atoms with van der Waals surface area (Å²) in [6.07, 6.45) is 4.22. The van der Waals surface area contributed by atoms with Gasteiger partial charge in [0.05, 0.1) is 5.39 Å². The maximum Gasteiger partial charge on any atom is 0.231 e. The first kappa shape index (κ1) is 16.7. The molecule has 3 heterocycles. The molecule has 1 N–H and O–H groups in total. The van der Waals surface area contributed by atoms with Gasteiger partial charge in [-0.15, -0.1) is 0 Å². The van der Waals surface area contributed by atoms with Gasteiger partial charge in [0.15, 0.2) is 0 Å². The number of fused-ring (bicyclic) bond motifs is 1. The fourth-order valence-corrected chi connectivity index (χ4v) is 3.22. The highest BCUT2D eigenvalue weighted by molar-refractivity contribution is 5.90. The quantitative estimate of drug-likeness (QED) is 0.933. The Bertz CT molecular complexity index is 732. The Morgan fingerprint density at radius 1 is 1.38 bits per heavy atom. The number of hydrogen-bond acceptors (Lipinski definition) is 5. The van der Waals surface area contributed by atoms with E-state index >= 15 is 0 Å². The Morgan fingerprint density at radius 2 is 2.08 bits per heavy atom. The molecular weight excluding hydrogens is 304 g/mol. The highest BCUT2D eigenvalue weighted by atomic mass is 16.3. The maximum atomic E-state index is 12.3. The van der Waals surface area contributed by atoms with Crippen molar-refractivity contribution in [3.05, 3.63) is 17.7 Å². The van der Waals surface area contributed by atoms with Gasteiger partial charge in [0.25, 0.3) is 0 Å². The molecule has 2 aromatic rings. The van der Waals surface area contributed by atoms with Crippen LogP contribution in [0.5, 0.6) is 0 Å². The topological polar surface area (TPSA) is 71.3 Å². The van der Waals surface area contributed by atoms with Crippen molar-refractivity contribution >= 4 is 22.8 Å². The van der Waals surface area contributed by atoms with E-state index in [1.165, 1.54) is 0 Å². The summed E-state index contributed by atoms with van der Waals surface area (Å²) in [5.74, 6) is 2.09. The van der Waals surface area contributed by atoms with E-state index < -0.39 is 0 Å². The zero-order valence-corrected chi connectivity index (χ0v) is 14.9. The second-order valence-electron chi connectivity index (χ2n) is 6.74. The van der Waals surface area contributed by atoms with Crippen LogP contribution in [0.1, 0.15) is 44.4 Å². The van der Waals surface area contributed by atoms with Gasteiger partial charge in [0.2, 0.25) is 11.6 Å². The smallest absolute Gasteiger partial charge is 0.231 e.